The molecule has 0 radical (unpaired) electrons. The van der Waals surface area contributed by atoms with Crippen molar-refractivity contribution in [1.29, 1.82) is 0 Å². The molecule has 0 amide bonds. The van der Waals surface area contributed by atoms with E-state index in [1.807, 2.05) is 91.0 Å². The highest BCUT2D eigenvalue weighted by Crippen LogP contribution is 2.54. The van der Waals surface area contributed by atoms with E-state index in [-0.39, 0.29) is 4.90 Å². The standard InChI is InChI=1S/C26H19F3OS/c27-26(28,29)23-18-22(30)16-17-24(23)31-25(19-10-4-1-5-11-19,20-12-6-2-7-13-20)21-14-8-3-9-15-21/h1-18,30H. The fourth-order valence-corrected chi connectivity index (χ4v) is 5.20. The van der Waals surface area contributed by atoms with Crippen LogP contribution in [0.3, 0.4) is 0 Å². The highest BCUT2D eigenvalue weighted by molar-refractivity contribution is 8.00. The van der Waals surface area contributed by atoms with Crippen molar-refractivity contribution in [1.82, 2.24) is 0 Å². The molecule has 0 unspecified atom stereocenters. The van der Waals surface area contributed by atoms with E-state index in [4.69, 9.17) is 0 Å². The second-order valence-electron chi connectivity index (χ2n) is 7.06. The molecule has 4 aromatic carbocycles. The van der Waals surface area contributed by atoms with Crippen LogP contribution >= 0.6 is 11.8 Å². The van der Waals surface area contributed by atoms with E-state index in [2.05, 4.69) is 0 Å². The van der Waals surface area contributed by atoms with Crippen molar-refractivity contribution in [2.24, 2.45) is 0 Å². The Morgan fingerprint density at radius 3 is 1.39 bits per heavy atom. The Kier molecular flexibility index (Phi) is 5.79. The first-order chi connectivity index (χ1) is 14.9. The van der Waals surface area contributed by atoms with Gasteiger partial charge >= 0.3 is 6.18 Å². The average Bonchev–Trinajstić information content (AvgIpc) is 2.79. The monoisotopic (exact) mass is 436 g/mol. The number of benzene rings is 4. The van der Waals surface area contributed by atoms with Crippen molar-refractivity contribution >= 4 is 11.8 Å². The number of phenols is 1. The SMILES string of the molecule is Oc1ccc(SC(c2ccccc2)(c2ccccc2)c2ccccc2)c(C(F)(F)F)c1. The molecule has 0 saturated carbocycles. The van der Waals surface area contributed by atoms with Gasteiger partial charge in [0.15, 0.2) is 0 Å². The molecule has 0 fully saturated rings. The zero-order valence-electron chi connectivity index (χ0n) is 16.4. The average molecular weight is 436 g/mol. The van der Waals surface area contributed by atoms with Crippen molar-refractivity contribution in [3.05, 3.63) is 131 Å². The van der Waals surface area contributed by atoms with E-state index in [0.29, 0.717) is 0 Å². The number of aromatic hydroxyl groups is 1. The van der Waals surface area contributed by atoms with E-state index in [1.54, 1.807) is 0 Å². The minimum absolute atomic E-state index is 0.0434. The topological polar surface area (TPSA) is 20.2 Å². The molecule has 1 N–H and O–H groups in total. The normalized spacial score (nSPS) is 12.0. The van der Waals surface area contributed by atoms with Crippen LogP contribution in [0.1, 0.15) is 22.3 Å². The molecule has 0 bridgehead atoms. The van der Waals surface area contributed by atoms with E-state index >= 15 is 0 Å². The molecule has 0 spiro atoms. The highest BCUT2D eigenvalue weighted by Gasteiger charge is 2.41. The summed E-state index contributed by atoms with van der Waals surface area (Å²) in [5, 5.41) is 9.74. The number of hydrogen-bond donors (Lipinski definition) is 1. The second kappa shape index (κ2) is 8.52. The molecule has 156 valence electrons. The minimum atomic E-state index is -4.60. The zero-order chi connectivity index (χ0) is 21.9. The number of rotatable bonds is 5. The van der Waals surface area contributed by atoms with Crippen LogP contribution in [-0.4, -0.2) is 5.11 Å². The Morgan fingerprint density at radius 2 is 1.00 bits per heavy atom. The maximum atomic E-state index is 13.9. The summed E-state index contributed by atoms with van der Waals surface area (Å²) in [5.74, 6) is -0.415. The van der Waals surface area contributed by atoms with Gasteiger partial charge in [0.2, 0.25) is 0 Å². The first-order valence-corrected chi connectivity index (χ1v) is 10.5. The van der Waals surface area contributed by atoms with Crippen LogP contribution in [-0.2, 0) is 10.9 Å². The predicted molar refractivity (Wildman–Crippen MR) is 118 cm³/mol. The first-order valence-electron chi connectivity index (χ1n) is 9.67. The molecular formula is C26H19F3OS. The maximum absolute atomic E-state index is 13.9. The van der Waals surface area contributed by atoms with Crippen LogP contribution in [0.4, 0.5) is 13.2 Å². The van der Waals surface area contributed by atoms with Gasteiger partial charge in [0.1, 0.15) is 5.75 Å². The van der Waals surface area contributed by atoms with Crippen molar-refractivity contribution in [2.45, 2.75) is 15.8 Å². The van der Waals surface area contributed by atoms with Gasteiger partial charge in [-0.3, -0.25) is 0 Å². The summed E-state index contributed by atoms with van der Waals surface area (Å²) >= 11 is 1.13. The van der Waals surface area contributed by atoms with Gasteiger partial charge in [-0.15, -0.1) is 11.8 Å². The van der Waals surface area contributed by atoms with Crippen LogP contribution in [0.2, 0.25) is 0 Å². The van der Waals surface area contributed by atoms with Gasteiger partial charge < -0.3 is 5.11 Å². The van der Waals surface area contributed by atoms with E-state index in [1.165, 1.54) is 12.1 Å². The number of halogens is 3. The second-order valence-corrected chi connectivity index (χ2v) is 8.32. The lowest BCUT2D eigenvalue weighted by Gasteiger charge is -2.36. The van der Waals surface area contributed by atoms with Crippen LogP contribution in [0.5, 0.6) is 5.75 Å². The Morgan fingerprint density at radius 1 is 0.581 bits per heavy atom. The van der Waals surface area contributed by atoms with Gasteiger partial charge in [0, 0.05) is 4.90 Å². The number of thioether (sulfide) groups is 1. The Hall–Kier alpha value is -3.18. The lowest BCUT2D eigenvalue weighted by Crippen LogP contribution is -2.26. The molecular weight excluding hydrogens is 417 g/mol. The largest absolute Gasteiger partial charge is 0.508 e. The van der Waals surface area contributed by atoms with Crippen molar-refractivity contribution in [2.75, 3.05) is 0 Å². The van der Waals surface area contributed by atoms with E-state index in [0.717, 1.165) is 34.5 Å². The Bertz CT molecular complexity index is 1050. The van der Waals surface area contributed by atoms with Crippen LogP contribution in [0, 0.1) is 0 Å². The number of alkyl halides is 3. The predicted octanol–water partition coefficient (Wildman–Crippen LogP) is 7.50. The summed E-state index contributed by atoms with van der Waals surface area (Å²) in [5.41, 5.74) is 1.72. The molecule has 0 aliphatic heterocycles. The summed E-state index contributed by atoms with van der Waals surface area (Å²) < 4.78 is 40.7. The van der Waals surface area contributed by atoms with Crippen molar-refractivity contribution in [3.8, 4) is 5.75 Å². The van der Waals surface area contributed by atoms with Crippen LogP contribution in [0.15, 0.2) is 114 Å². The molecule has 0 atom stereocenters. The number of phenolic OH excluding ortho intramolecular Hbond substituents is 1. The molecule has 0 aliphatic rings. The third kappa shape index (κ3) is 4.19. The molecule has 0 aliphatic carbocycles. The summed E-state index contributed by atoms with van der Waals surface area (Å²) in [7, 11) is 0. The van der Waals surface area contributed by atoms with Crippen molar-refractivity contribution in [3.63, 3.8) is 0 Å². The van der Waals surface area contributed by atoms with Crippen molar-refractivity contribution < 1.29 is 18.3 Å². The summed E-state index contributed by atoms with van der Waals surface area (Å²) in [6, 6.07) is 32.0. The summed E-state index contributed by atoms with van der Waals surface area (Å²) in [4.78, 5) is 0.0434. The highest BCUT2D eigenvalue weighted by atomic mass is 32.2. The van der Waals surface area contributed by atoms with Gasteiger partial charge in [-0.2, -0.15) is 13.2 Å². The van der Waals surface area contributed by atoms with Gasteiger partial charge in [-0.05, 0) is 34.9 Å². The van der Waals surface area contributed by atoms with Gasteiger partial charge in [-0.25, -0.2) is 0 Å². The molecule has 0 aromatic heterocycles. The lowest BCUT2D eigenvalue weighted by molar-refractivity contribution is -0.139. The molecule has 4 aromatic rings. The number of hydrogen-bond acceptors (Lipinski definition) is 2. The third-order valence-corrected chi connectivity index (χ3v) is 6.66. The molecule has 1 nitrogen and oxygen atoms in total. The fourth-order valence-electron chi connectivity index (χ4n) is 3.69. The minimum Gasteiger partial charge on any atom is -0.508 e. The zero-order valence-corrected chi connectivity index (χ0v) is 17.2. The smallest absolute Gasteiger partial charge is 0.417 e. The first kappa shape index (κ1) is 21.1. The molecule has 5 heteroatoms. The molecule has 0 saturated heterocycles. The molecule has 4 rings (SSSR count). The lowest BCUT2D eigenvalue weighted by atomic mass is 9.84. The summed E-state index contributed by atoms with van der Waals surface area (Å²) in [6.45, 7) is 0. The summed E-state index contributed by atoms with van der Waals surface area (Å²) in [6.07, 6.45) is -4.60. The van der Waals surface area contributed by atoms with Crippen LogP contribution in [0.25, 0.3) is 0 Å². The molecule has 0 heterocycles. The fraction of sp³-hybridized carbons (Fsp3) is 0.0769. The maximum Gasteiger partial charge on any atom is 0.417 e. The van der Waals surface area contributed by atoms with E-state index in [9.17, 15) is 18.3 Å². The quantitative estimate of drug-likeness (QED) is 0.258. The Labute approximate surface area is 183 Å². The molecule has 31 heavy (non-hydrogen) atoms. The third-order valence-electron chi connectivity index (χ3n) is 5.07. The van der Waals surface area contributed by atoms with Gasteiger partial charge in [0.25, 0.3) is 0 Å². The van der Waals surface area contributed by atoms with Gasteiger partial charge in [-0.1, -0.05) is 91.0 Å². The van der Waals surface area contributed by atoms with Crippen LogP contribution < -0.4 is 0 Å². The van der Waals surface area contributed by atoms with Gasteiger partial charge in [0.05, 0.1) is 10.3 Å². The van der Waals surface area contributed by atoms with E-state index < -0.39 is 22.2 Å². The Balaban J connectivity index is 2.03.